The highest BCUT2D eigenvalue weighted by atomic mass is 14.7. The molecule has 1 fully saturated rings. The number of hydrogen-bond acceptors (Lipinski definition) is 1. The van der Waals surface area contributed by atoms with Crippen molar-refractivity contribution in [2.75, 3.05) is 0 Å². The van der Waals surface area contributed by atoms with Gasteiger partial charge in [0.25, 0.3) is 0 Å². The Balaban J connectivity index is 2.11. The third-order valence-electron chi connectivity index (χ3n) is 5.25. The van der Waals surface area contributed by atoms with E-state index in [1.807, 2.05) is 0 Å². The molecule has 2 unspecified atom stereocenters. The third kappa shape index (κ3) is 6.29. The summed E-state index contributed by atoms with van der Waals surface area (Å²) in [6.07, 6.45) is 16.6. The minimum atomic E-state index is 0.450. The maximum atomic E-state index is 6.49. The van der Waals surface area contributed by atoms with Crippen LogP contribution < -0.4 is 5.73 Å². The van der Waals surface area contributed by atoms with E-state index in [1.165, 1.54) is 77.0 Å². The van der Waals surface area contributed by atoms with Crippen molar-refractivity contribution in [3.05, 3.63) is 0 Å². The summed E-state index contributed by atoms with van der Waals surface area (Å²) in [5, 5.41) is 0. The van der Waals surface area contributed by atoms with E-state index >= 15 is 0 Å². The fourth-order valence-corrected chi connectivity index (χ4v) is 3.85. The molecule has 0 radical (unpaired) electrons. The first-order valence-electron chi connectivity index (χ1n) is 8.83. The maximum absolute atomic E-state index is 6.49. The van der Waals surface area contributed by atoms with Crippen LogP contribution >= 0.6 is 0 Å². The van der Waals surface area contributed by atoms with Crippen LogP contribution in [0.15, 0.2) is 0 Å². The molecule has 0 spiro atoms. The molecule has 0 aliphatic heterocycles. The van der Waals surface area contributed by atoms with Crippen LogP contribution in [0.25, 0.3) is 0 Å². The Morgan fingerprint density at radius 1 is 1.00 bits per heavy atom. The van der Waals surface area contributed by atoms with Gasteiger partial charge in [0.1, 0.15) is 0 Å². The van der Waals surface area contributed by atoms with E-state index in [1.54, 1.807) is 0 Å². The van der Waals surface area contributed by atoms with Crippen molar-refractivity contribution < 1.29 is 0 Å². The molecule has 1 saturated carbocycles. The average molecular weight is 268 g/mol. The van der Waals surface area contributed by atoms with Gasteiger partial charge in [0.2, 0.25) is 0 Å². The van der Waals surface area contributed by atoms with Crippen molar-refractivity contribution in [2.24, 2.45) is 17.1 Å². The van der Waals surface area contributed by atoms with E-state index < -0.39 is 0 Å². The summed E-state index contributed by atoms with van der Waals surface area (Å²) in [5.41, 5.74) is 6.97. The van der Waals surface area contributed by atoms with Crippen molar-refractivity contribution in [3.63, 3.8) is 0 Å². The van der Waals surface area contributed by atoms with E-state index in [4.69, 9.17) is 5.73 Å². The zero-order valence-corrected chi connectivity index (χ0v) is 13.7. The minimum absolute atomic E-state index is 0.450. The molecule has 0 amide bonds. The lowest BCUT2D eigenvalue weighted by atomic mass is 9.65. The Bertz CT molecular complexity index is 222. The molecular weight excluding hydrogens is 230 g/mol. The van der Waals surface area contributed by atoms with Gasteiger partial charge in [0, 0.05) is 6.04 Å². The van der Waals surface area contributed by atoms with Gasteiger partial charge in [-0.3, -0.25) is 0 Å². The Hall–Kier alpha value is -0.0400. The molecule has 1 heteroatoms. The smallest absolute Gasteiger partial charge is 0.00722 e. The molecule has 19 heavy (non-hydrogen) atoms. The van der Waals surface area contributed by atoms with Crippen LogP contribution in [0.5, 0.6) is 0 Å². The normalized spacial score (nSPS) is 24.3. The monoisotopic (exact) mass is 267 g/mol. The van der Waals surface area contributed by atoms with E-state index in [2.05, 4.69) is 20.8 Å². The molecule has 0 saturated heterocycles. The van der Waals surface area contributed by atoms with Crippen LogP contribution in [-0.2, 0) is 0 Å². The Morgan fingerprint density at radius 2 is 1.63 bits per heavy atom. The summed E-state index contributed by atoms with van der Waals surface area (Å²) in [5.74, 6) is 0.765. The van der Waals surface area contributed by atoms with Crippen molar-refractivity contribution in [2.45, 2.75) is 104 Å². The molecule has 1 rings (SSSR count). The van der Waals surface area contributed by atoms with Crippen molar-refractivity contribution in [3.8, 4) is 0 Å². The third-order valence-corrected chi connectivity index (χ3v) is 5.25. The van der Waals surface area contributed by atoms with E-state index in [0.29, 0.717) is 11.5 Å². The van der Waals surface area contributed by atoms with Gasteiger partial charge < -0.3 is 5.73 Å². The first kappa shape index (κ1) is 17.0. The SMILES string of the molecule is CCCCCCCCCC(N)C1CCCCC1(C)C. The minimum Gasteiger partial charge on any atom is -0.327 e. The van der Waals surface area contributed by atoms with Gasteiger partial charge in [-0.1, -0.05) is 78.6 Å². The van der Waals surface area contributed by atoms with E-state index in [0.717, 1.165) is 5.92 Å². The Labute approximate surface area is 121 Å². The summed E-state index contributed by atoms with van der Waals surface area (Å²) >= 11 is 0. The van der Waals surface area contributed by atoms with Gasteiger partial charge in [0.15, 0.2) is 0 Å². The van der Waals surface area contributed by atoms with Crippen molar-refractivity contribution in [1.82, 2.24) is 0 Å². The zero-order valence-electron chi connectivity index (χ0n) is 13.7. The number of unbranched alkanes of at least 4 members (excludes halogenated alkanes) is 6. The summed E-state index contributed by atoms with van der Waals surface area (Å²) in [4.78, 5) is 0. The van der Waals surface area contributed by atoms with E-state index in [-0.39, 0.29) is 0 Å². The predicted octanol–water partition coefficient (Wildman–Crippen LogP) is 5.67. The lowest BCUT2D eigenvalue weighted by Crippen LogP contribution is -2.41. The largest absolute Gasteiger partial charge is 0.327 e. The molecule has 0 aromatic rings. The standard InChI is InChI=1S/C18H37N/c1-4-5-6-7-8-9-10-14-17(19)16-13-11-12-15-18(16,2)3/h16-17H,4-15,19H2,1-3H3. The van der Waals surface area contributed by atoms with Crippen LogP contribution in [0.1, 0.15) is 97.8 Å². The lowest BCUT2D eigenvalue weighted by Gasteiger charge is -2.42. The topological polar surface area (TPSA) is 26.0 Å². The summed E-state index contributed by atoms with van der Waals surface area (Å²) in [7, 11) is 0. The highest BCUT2D eigenvalue weighted by Crippen LogP contribution is 2.42. The van der Waals surface area contributed by atoms with Crippen LogP contribution in [-0.4, -0.2) is 6.04 Å². The van der Waals surface area contributed by atoms with Crippen LogP contribution in [0.4, 0.5) is 0 Å². The molecule has 114 valence electrons. The first-order valence-corrected chi connectivity index (χ1v) is 8.83. The molecular formula is C18H37N. The number of rotatable bonds is 9. The quantitative estimate of drug-likeness (QED) is 0.535. The molecule has 0 aromatic heterocycles. The molecule has 2 atom stereocenters. The van der Waals surface area contributed by atoms with Gasteiger partial charge in [-0.25, -0.2) is 0 Å². The second kappa shape index (κ2) is 9.00. The fourth-order valence-electron chi connectivity index (χ4n) is 3.85. The molecule has 0 bridgehead atoms. The molecule has 0 heterocycles. The molecule has 1 aliphatic rings. The predicted molar refractivity (Wildman–Crippen MR) is 86.3 cm³/mol. The van der Waals surface area contributed by atoms with Gasteiger partial charge in [-0.15, -0.1) is 0 Å². The van der Waals surface area contributed by atoms with Gasteiger partial charge in [-0.05, 0) is 30.6 Å². The van der Waals surface area contributed by atoms with Crippen molar-refractivity contribution >= 4 is 0 Å². The van der Waals surface area contributed by atoms with Crippen LogP contribution in [0.2, 0.25) is 0 Å². The Kier molecular flexibility index (Phi) is 8.06. The van der Waals surface area contributed by atoms with Gasteiger partial charge in [-0.2, -0.15) is 0 Å². The summed E-state index contributed by atoms with van der Waals surface area (Å²) < 4.78 is 0. The molecule has 2 N–H and O–H groups in total. The number of nitrogens with two attached hydrogens (primary N) is 1. The highest BCUT2D eigenvalue weighted by molar-refractivity contribution is 4.88. The van der Waals surface area contributed by atoms with Crippen molar-refractivity contribution in [1.29, 1.82) is 0 Å². The summed E-state index contributed by atoms with van der Waals surface area (Å²) in [6.45, 7) is 7.15. The number of hydrogen-bond donors (Lipinski definition) is 1. The van der Waals surface area contributed by atoms with Crippen LogP contribution in [0.3, 0.4) is 0 Å². The lowest BCUT2D eigenvalue weighted by molar-refractivity contribution is 0.108. The molecule has 1 aliphatic carbocycles. The second-order valence-electron chi connectivity index (χ2n) is 7.41. The zero-order chi connectivity index (χ0) is 14.1. The highest BCUT2D eigenvalue weighted by Gasteiger charge is 2.35. The van der Waals surface area contributed by atoms with Crippen LogP contribution in [0, 0.1) is 11.3 Å². The molecule has 0 aromatic carbocycles. The van der Waals surface area contributed by atoms with Gasteiger partial charge >= 0.3 is 0 Å². The van der Waals surface area contributed by atoms with Gasteiger partial charge in [0.05, 0.1) is 0 Å². The maximum Gasteiger partial charge on any atom is 0.00722 e. The average Bonchev–Trinajstić information content (AvgIpc) is 2.37. The van der Waals surface area contributed by atoms with E-state index in [9.17, 15) is 0 Å². The first-order chi connectivity index (χ1) is 9.08. The molecule has 1 nitrogen and oxygen atoms in total. The Morgan fingerprint density at radius 3 is 2.26 bits per heavy atom. The fraction of sp³-hybridized carbons (Fsp3) is 1.00. The summed E-state index contributed by atoms with van der Waals surface area (Å²) in [6, 6.07) is 0.450. The second-order valence-corrected chi connectivity index (χ2v) is 7.41.